The van der Waals surface area contributed by atoms with E-state index in [4.69, 9.17) is 11.6 Å². The summed E-state index contributed by atoms with van der Waals surface area (Å²) in [6.45, 7) is 1.87. The van der Waals surface area contributed by atoms with Crippen LogP contribution in [-0.4, -0.2) is 33.6 Å². The summed E-state index contributed by atoms with van der Waals surface area (Å²) in [5.41, 5.74) is 2.90. The molecule has 3 aliphatic rings. The van der Waals surface area contributed by atoms with E-state index in [0.29, 0.717) is 22.8 Å². The lowest BCUT2D eigenvalue weighted by Crippen LogP contribution is -2.56. The highest BCUT2D eigenvalue weighted by Crippen LogP contribution is 2.34. The van der Waals surface area contributed by atoms with Crippen molar-refractivity contribution in [3.8, 4) is 6.07 Å². The molecule has 0 amide bonds. The maximum Gasteiger partial charge on any atom is 0.147 e. The number of aromatic nitrogens is 1. The first-order valence-corrected chi connectivity index (χ1v) is 10.7. The normalized spacial score (nSPS) is 23.0. The van der Waals surface area contributed by atoms with Gasteiger partial charge in [0.05, 0.1) is 5.56 Å². The first-order valence-electron chi connectivity index (χ1n) is 10.4. The largest absolute Gasteiger partial charge is 0.243 e. The molecule has 4 rings (SSSR count). The highest BCUT2D eigenvalue weighted by atomic mass is 35.5. The van der Waals surface area contributed by atoms with Gasteiger partial charge in [-0.25, -0.2) is 15.0 Å². The van der Waals surface area contributed by atoms with E-state index in [9.17, 15) is 5.26 Å². The van der Waals surface area contributed by atoms with Gasteiger partial charge in [-0.1, -0.05) is 50.1 Å². The number of hydrazine groups is 1. The minimum atomic E-state index is 0.358. The van der Waals surface area contributed by atoms with E-state index < -0.39 is 0 Å². The number of nitrogens with zero attached hydrogens (tertiary/aromatic N) is 4. The number of hydrogen-bond donors (Lipinski definition) is 0. The number of rotatable bonds is 3. The third-order valence-corrected chi connectivity index (χ3v) is 6.82. The minimum Gasteiger partial charge on any atom is -0.243 e. The van der Waals surface area contributed by atoms with Gasteiger partial charge in [-0.3, -0.25) is 0 Å². The summed E-state index contributed by atoms with van der Waals surface area (Å²) < 4.78 is 0. The molecule has 2 heterocycles. The average molecular weight is 373 g/mol. The van der Waals surface area contributed by atoms with Gasteiger partial charge in [-0.05, 0) is 43.2 Å². The molecular formula is C21H29ClN4. The van der Waals surface area contributed by atoms with Gasteiger partial charge in [0.25, 0.3) is 0 Å². The van der Waals surface area contributed by atoms with Crippen molar-refractivity contribution in [2.24, 2.45) is 0 Å². The zero-order valence-corrected chi connectivity index (χ0v) is 16.3. The number of hydrogen-bond acceptors (Lipinski definition) is 4. The van der Waals surface area contributed by atoms with E-state index >= 15 is 0 Å². The van der Waals surface area contributed by atoms with Crippen molar-refractivity contribution < 1.29 is 0 Å². The van der Waals surface area contributed by atoms with Crippen LogP contribution in [0.2, 0.25) is 5.15 Å². The van der Waals surface area contributed by atoms with E-state index in [0.717, 1.165) is 25.1 Å². The molecule has 5 heteroatoms. The van der Waals surface area contributed by atoms with Crippen molar-refractivity contribution in [1.82, 2.24) is 15.0 Å². The van der Waals surface area contributed by atoms with E-state index in [2.05, 4.69) is 21.1 Å². The molecule has 0 bridgehead atoms. The Bertz CT molecular complexity index is 653. The number of halogens is 1. The van der Waals surface area contributed by atoms with Crippen LogP contribution in [0.1, 0.15) is 80.9 Å². The van der Waals surface area contributed by atoms with Crippen LogP contribution in [0.4, 0.5) is 0 Å². The predicted molar refractivity (Wildman–Crippen MR) is 104 cm³/mol. The van der Waals surface area contributed by atoms with Crippen LogP contribution in [0.5, 0.6) is 0 Å². The Labute approximate surface area is 162 Å². The Morgan fingerprint density at radius 2 is 1.65 bits per heavy atom. The lowest BCUT2D eigenvalue weighted by molar-refractivity contribution is -0.121. The summed E-state index contributed by atoms with van der Waals surface area (Å²) in [5, 5.41) is 15.2. The third-order valence-electron chi connectivity index (χ3n) is 6.54. The maximum atomic E-state index is 9.46. The molecule has 2 fully saturated rings. The molecule has 1 aliphatic heterocycles. The fourth-order valence-electron chi connectivity index (χ4n) is 5.26. The van der Waals surface area contributed by atoms with Crippen molar-refractivity contribution in [3.63, 3.8) is 0 Å². The van der Waals surface area contributed by atoms with Crippen molar-refractivity contribution in [2.45, 2.75) is 89.3 Å². The number of pyridine rings is 1. The van der Waals surface area contributed by atoms with Gasteiger partial charge in [0.2, 0.25) is 0 Å². The molecule has 2 aliphatic carbocycles. The van der Waals surface area contributed by atoms with Crippen molar-refractivity contribution in [1.29, 1.82) is 5.26 Å². The predicted octanol–water partition coefficient (Wildman–Crippen LogP) is 4.85. The Morgan fingerprint density at radius 1 is 1.04 bits per heavy atom. The third kappa shape index (κ3) is 3.63. The smallest absolute Gasteiger partial charge is 0.147 e. The zero-order chi connectivity index (χ0) is 17.9. The van der Waals surface area contributed by atoms with Crippen LogP contribution in [0.3, 0.4) is 0 Å². The van der Waals surface area contributed by atoms with Gasteiger partial charge in [0.15, 0.2) is 0 Å². The van der Waals surface area contributed by atoms with Crippen LogP contribution in [0.25, 0.3) is 0 Å². The summed E-state index contributed by atoms with van der Waals surface area (Å²) in [4.78, 5) is 4.28. The summed E-state index contributed by atoms with van der Waals surface area (Å²) in [7, 11) is 0. The van der Waals surface area contributed by atoms with Crippen LogP contribution in [-0.2, 0) is 13.0 Å². The molecule has 0 atom stereocenters. The zero-order valence-electron chi connectivity index (χ0n) is 15.6. The maximum absolute atomic E-state index is 9.46. The van der Waals surface area contributed by atoms with Crippen LogP contribution < -0.4 is 0 Å². The van der Waals surface area contributed by atoms with Crippen molar-refractivity contribution in [3.05, 3.63) is 28.0 Å². The Hall–Kier alpha value is -1.15. The monoisotopic (exact) mass is 372 g/mol. The lowest BCUT2D eigenvalue weighted by atomic mass is 9.89. The molecule has 0 radical (unpaired) electrons. The van der Waals surface area contributed by atoms with Gasteiger partial charge in [0.1, 0.15) is 11.2 Å². The van der Waals surface area contributed by atoms with Gasteiger partial charge >= 0.3 is 0 Å². The SMILES string of the molecule is N#Cc1c(Cl)ncc2c1CCN(N(C1CCCCC1)C1CCCCC1)C2. The fourth-order valence-corrected chi connectivity index (χ4v) is 5.47. The summed E-state index contributed by atoms with van der Waals surface area (Å²) in [6, 6.07) is 3.66. The van der Waals surface area contributed by atoms with E-state index in [1.807, 2.05) is 6.20 Å². The second-order valence-electron chi connectivity index (χ2n) is 8.14. The molecule has 1 aromatic rings. The van der Waals surface area contributed by atoms with E-state index in [1.54, 1.807) is 0 Å². The second-order valence-corrected chi connectivity index (χ2v) is 8.50. The summed E-state index contributed by atoms with van der Waals surface area (Å²) >= 11 is 6.15. The van der Waals surface area contributed by atoms with Crippen LogP contribution >= 0.6 is 11.6 Å². The molecule has 1 aromatic heterocycles. The quantitative estimate of drug-likeness (QED) is 0.711. The number of nitriles is 1. The molecule has 0 aromatic carbocycles. The fraction of sp³-hybridized carbons (Fsp3) is 0.714. The molecule has 0 unspecified atom stereocenters. The second kappa shape index (κ2) is 8.25. The van der Waals surface area contributed by atoms with Gasteiger partial charge < -0.3 is 0 Å². The number of fused-ring (bicyclic) bond motifs is 1. The first kappa shape index (κ1) is 18.2. The topological polar surface area (TPSA) is 43.2 Å². The first-order chi connectivity index (χ1) is 12.8. The summed E-state index contributed by atoms with van der Waals surface area (Å²) in [6.07, 6.45) is 16.4. The molecular weight excluding hydrogens is 344 g/mol. The Kier molecular flexibility index (Phi) is 5.78. The standard InChI is InChI=1S/C21H29ClN4/c22-21-20(13-23)19-11-12-25(15-16(19)14-24-21)26(17-7-3-1-4-8-17)18-9-5-2-6-10-18/h14,17-18H,1-12,15H2. The highest BCUT2D eigenvalue weighted by Gasteiger charge is 2.35. The molecule has 0 saturated heterocycles. The molecule has 140 valence electrons. The van der Waals surface area contributed by atoms with Gasteiger partial charge in [0, 0.05) is 31.4 Å². The van der Waals surface area contributed by atoms with Gasteiger partial charge in [-0.15, -0.1) is 0 Å². The minimum absolute atomic E-state index is 0.358. The average Bonchev–Trinajstić information content (AvgIpc) is 2.70. The van der Waals surface area contributed by atoms with Crippen molar-refractivity contribution >= 4 is 11.6 Å². The molecule has 0 spiro atoms. The molecule has 26 heavy (non-hydrogen) atoms. The molecule has 4 nitrogen and oxygen atoms in total. The molecule has 0 N–H and O–H groups in total. The Balaban J connectivity index is 1.59. The van der Waals surface area contributed by atoms with E-state index in [1.165, 1.54) is 69.8 Å². The van der Waals surface area contributed by atoms with Crippen LogP contribution in [0.15, 0.2) is 6.20 Å². The van der Waals surface area contributed by atoms with Gasteiger partial charge in [-0.2, -0.15) is 5.26 Å². The lowest BCUT2D eigenvalue weighted by Gasteiger charge is -2.49. The highest BCUT2D eigenvalue weighted by molar-refractivity contribution is 6.30. The van der Waals surface area contributed by atoms with E-state index in [-0.39, 0.29) is 0 Å². The van der Waals surface area contributed by atoms with Crippen molar-refractivity contribution in [2.75, 3.05) is 6.54 Å². The summed E-state index contributed by atoms with van der Waals surface area (Å²) in [5.74, 6) is 0. The Morgan fingerprint density at radius 3 is 2.23 bits per heavy atom. The van der Waals surface area contributed by atoms with Crippen LogP contribution in [0, 0.1) is 11.3 Å². The molecule has 2 saturated carbocycles.